The summed E-state index contributed by atoms with van der Waals surface area (Å²) in [7, 11) is 0. The molecule has 1 saturated carbocycles. The van der Waals surface area contributed by atoms with Crippen LogP contribution < -0.4 is 5.73 Å². The van der Waals surface area contributed by atoms with Crippen LogP contribution in [-0.2, 0) is 4.74 Å². The second-order valence-corrected chi connectivity index (χ2v) is 3.87. The van der Waals surface area contributed by atoms with Crippen LogP contribution in [0.5, 0.6) is 0 Å². The zero-order valence-corrected chi connectivity index (χ0v) is 8.24. The lowest BCUT2D eigenvalue weighted by molar-refractivity contribution is -0.0824. The van der Waals surface area contributed by atoms with E-state index in [-0.39, 0.29) is 18.0 Å². The summed E-state index contributed by atoms with van der Waals surface area (Å²) in [4.78, 5) is 0. The molecule has 2 fully saturated rings. The zero-order chi connectivity index (χ0) is 7.73. The number of halogens is 1. The number of rotatable bonds is 0. The predicted octanol–water partition coefficient (Wildman–Crippen LogP) is 1.86. The molecule has 72 valence electrons. The van der Waals surface area contributed by atoms with Gasteiger partial charge in [0.2, 0.25) is 0 Å². The van der Waals surface area contributed by atoms with E-state index in [0.29, 0.717) is 6.04 Å². The molecule has 0 aromatic rings. The second-order valence-electron chi connectivity index (χ2n) is 3.87. The molecule has 1 aliphatic heterocycles. The first-order valence-electron chi connectivity index (χ1n) is 4.73. The molecule has 1 saturated heterocycles. The van der Waals surface area contributed by atoms with Crippen molar-refractivity contribution in [3.8, 4) is 0 Å². The Morgan fingerprint density at radius 3 is 2.42 bits per heavy atom. The Morgan fingerprint density at radius 1 is 1.17 bits per heavy atom. The summed E-state index contributed by atoms with van der Waals surface area (Å²) in [5.41, 5.74) is 6.13. The van der Waals surface area contributed by atoms with Gasteiger partial charge in [0.05, 0.1) is 5.60 Å². The molecule has 2 N–H and O–H groups in total. The third-order valence-electron chi connectivity index (χ3n) is 3.17. The van der Waals surface area contributed by atoms with Gasteiger partial charge in [0.15, 0.2) is 0 Å². The average molecular weight is 192 g/mol. The molecule has 2 atom stereocenters. The zero-order valence-electron chi connectivity index (χ0n) is 7.42. The van der Waals surface area contributed by atoms with Crippen molar-refractivity contribution in [1.82, 2.24) is 0 Å². The molecule has 1 aliphatic carbocycles. The van der Waals surface area contributed by atoms with Gasteiger partial charge in [0.1, 0.15) is 0 Å². The molecule has 0 bridgehead atoms. The van der Waals surface area contributed by atoms with Gasteiger partial charge in [0.25, 0.3) is 0 Å². The summed E-state index contributed by atoms with van der Waals surface area (Å²) in [6.45, 7) is 0.938. The minimum atomic E-state index is 0. The molecule has 3 heteroatoms. The van der Waals surface area contributed by atoms with Crippen molar-refractivity contribution in [1.29, 1.82) is 0 Å². The predicted molar refractivity (Wildman–Crippen MR) is 51.6 cm³/mol. The Kier molecular flexibility index (Phi) is 3.38. The number of hydrogen-bond acceptors (Lipinski definition) is 2. The largest absolute Gasteiger partial charge is 0.373 e. The quantitative estimate of drug-likeness (QED) is 0.635. The van der Waals surface area contributed by atoms with Gasteiger partial charge in [0, 0.05) is 12.6 Å². The normalized spacial score (nSPS) is 41.2. The van der Waals surface area contributed by atoms with Crippen LogP contribution >= 0.6 is 12.4 Å². The summed E-state index contributed by atoms with van der Waals surface area (Å²) < 4.78 is 5.81. The molecule has 1 spiro atoms. The highest BCUT2D eigenvalue weighted by Crippen LogP contribution is 2.38. The van der Waals surface area contributed by atoms with E-state index in [2.05, 4.69) is 0 Å². The highest BCUT2D eigenvalue weighted by atomic mass is 35.5. The van der Waals surface area contributed by atoms with Crippen molar-refractivity contribution < 1.29 is 4.74 Å². The Morgan fingerprint density at radius 2 is 1.92 bits per heavy atom. The van der Waals surface area contributed by atoms with Crippen molar-refractivity contribution in [3.05, 3.63) is 0 Å². The maximum Gasteiger partial charge on any atom is 0.0832 e. The standard InChI is InChI=1S/C9H17NO.ClH/c10-8-4-3-6-9(8)5-1-2-7-11-9;/h8H,1-7,10H2;1H/t8-,9-;/m1./s1. The number of hydrogen-bond donors (Lipinski definition) is 1. The van der Waals surface area contributed by atoms with E-state index in [1.165, 1.54) is 38.5 Å². The number of nitrogens with two attached hydrogens (primary N) is 1. The molecule has 2 rings (SSSR count). The fourth-order valence-electron chi connectivity index (χ4n) is 2.43. The lowest BCUT2D eigenvalue weighted by Gasteiger charge is -2.37. The number of ether oxygens (including phenoxy) is 1. The van der Waals surface area contributed by atoms with Crippen molar-refractivity contribution in [2.75, 3.05) is 6.61 Å². The van der Waals surface area contributed by atoms with Crippen LogP contribution in [0.4, 0.5) is 0 Å². The summed E-state index contributed by atoms with van der Waals surface area (Å²) in [6, 6.07) is 0.322. The molecule has 2 aliphatic rings. The van der Waals surface area contributed by atoms with E-state index in [4.69, 9.17) is 10.5 Å². The van der Waals surface area contributed by atoms with Crippen LogP contribution in [0.3, 0.4) is 0 Å². The summed E-state index contributed by atoms with van der Waals surface area (Å²) in [5.74, 6) is 0. The van der Waals surface area contributed by atoms with E-state index in [1.54, 1.807) is 0 Å². The van der Waals surface area contributed by atoms with Crippen LogP contribution in [0.2, 0.25) is 0 Å². The van der Waals surface area contributed by atoms with Crippen molar-refractivity contribution >= 4 is 12.4 Å². The van der Waals surface area contributed by atoms with Crippen LogP contribution in [0.1, 0.15) is 38.5 Å². The van der Waals surface area contributed by atoms with Crippen LogP contribution in [0, 0.1) is 0 Å². The van der Waals surface area contributed by atoms with Gasteiger partial charge in [-0.15, -0.1) is 12.4 Å². The SMILES string of the molecule is Cl.N[C@@H]1CCC[C@]12CCCCO2. The van der Waals surface area contributed by atoms with Gasteiger partial charge in [-0.25, -0.2) is 0 Å². The molecule has 1 heterocycles. The fourth-order valence-corrected chi connectivity index (χ4v) is 2.43. The molecule has 0 aromatic carbocycles. The van der Waals surface area contributed by atoms with Gasteiger partial charge >= 0.3 is 0 Å². The molecule has 0 amide bonds. The minimum Gasteiger partial charge on any atom is -0.373 e. The van der Waals surface area contributed by atoms with Gasteiger partial charge in [-0.3, -0.25) is 0 Å². The summed E-state index contributed by atoms with van der Waals surface area (Å²) in [6.07, 6.45) is 7.38. The third kappa shape index (κ3) is 1.61. The highest BCUT2D eigenvalue weighted by molar-refractivity contribution is 5.85. The third-order valence-corrected chi connectivity index (χ3v) is 3.17. The first kappa shape index (κ1) is 10.3. The maximum atomic E-state index is 6.02. The molecular weight excluding hydrogens is 174 g/mol. The van der Waals surface area contributed by atoms with Crippen LogP contribution in [0.25, 0.3) is 0 Å². The molecule has 0 unspecified atom stereocenters. The molecule has 0 radical (unpaired) electrons. The molecule has 12 heavy (non-hydrogen) atoms. The lowest BCUT2D eigenvalue weighted by Crippen LogP contribution is -2.47. The van der Waals surface area contributed by atoms with E-state index >= 15 is 0 Å². The fraction of sp³-hybridized carbons (Fsp3) is 1.00. The van der Waals surface area contributed by atoms with Gasteiger partial charge in [-0.2, -0.15) is 0 Å². The van der Waals surface area contributed by atoms with E-state index in [1.807, 2.05) is 0 Å². The van der Waals surface area contributed by atoms with Crippen molar-refractivity contribution in [2.45, 2.75) is 50.2 Å². The Hall–Kier alpha value is 0.210. The van der Waals surface area contributed by atoms with Crippen molar-refractivity contribution in [3.63, 3.8) is 0 Å². The summed E-state index contributed by atoms with van der Waals surface area (Å²) >= 11 is 0. The van der Waals surface area contributed by atoms with Gasteiger partial charge < -0.3 is 10.5 Å². The smallest absolute Gasteiger partial charge is 0.0832 e. The Balaban J connectivity index is 0.000000720. The Bertz CT molecular complexity index is 145. The molecule has 2 nitrogen and oxygen atoms in total. The van der Waals surface area contributed by atoms with E-state index in [9.17, 15) is 0 Å². The van der Waals surface area contributed by atoms with Crippen LogP contribution in [0.15, 0.2) is 0 Å². The van der Waals surface area contributed by atoms with Crippen LogP contribution in [-0.4, -0.2) is 18.2 Å². The lowest BCUT2D eigenvalue weighted by atomic mass is 9.89. The van der Waals surface area contributed by atoms with Gasteiger partial charge in [-0.05, 0) is 38.5 Å². The second kappa shape index (κ2) is 3.95. The monoisotopic (exact) mass is 191 g/mol. The van der Waals surface area contributed by atoms with Gasteiger partial charge in [-0.1, -0.05) is 0 Å². The first-order chi connectivity index (χ1) is 5.33. The maximum absolute atomic E-state index is 6.02. The van der Waals surface area contributed by atoms with Crippen molar-refractivity contribution in [2.24, 2.45) is 5.73 Å². The molecule has 0 aromatic heterocycles. The topological polar surface area (TPSA) is 35.2 Å². The molecular formula is C9H18ClNO. The minimum absolute atomic E-state index is 0. The Labute approximate surface area is 80.3 Å². The van der Waals surface area contributed by atoms with E-state index in [0.717, 1.165) is 6.61 Å². The first-order valence-corrected chi connectivity index (χ1v) is 4.73. The van der Waals surface area contributed by atoms with E-state index < -0.39 is 0 Å². The average Bonchev–Trinajstić information content (AvgIpc) is 2.36. The summed E-state index contributed by atoms with van der Waals surface area (Å²) in [5, 5.41) is 0. The highest BCUT2D eigenvalue weighted by Gasteiger charge is 2.42.